The van der Waals surface area contributed by atoms with Gasteiger partial charge in [-0.1, -0.05) is 0 Å². The lowest BCUT2D eigenvalue weighted by Gasteiger charge is -2.24. The second-order valence-corrected chi connectivity index (χ2v) is 5.62. The molecule has 17 heavy (non-hydrogen) atoms. The lowest BCUT2D eigenvalue weighted by atomic mass is 10.2. The van der Waals surface area contributed by atoms with Crippen molar-refractivity contribution in [2.45, 2.75) is 24.5 Å². The summed E-state index contributed by atoms with van der Waals surface area (Å²) in [4.78, 5) is 2.28. The van der Waals surface area contributed by atoms with Gasteiger partial charge in [0.1, 0.15) is 5.82 Å². The van der Waals surface area contributed by atoms with Crippen LogP contribution in [0.3, 0.4) is 0 Å². The molecule has 0 aliphatic carbocycles. The Morgan fingerprint density at radius 1 is 1.35 bits per heavy atom. The molecule has 2 nitrogen and oxygen atoms in total. The monoisotopic (exact) mass is 254 g/mol. The Morgan fingerprint density at radius 3 is 2.88 bits per heavy atom. The standard InChI is InChI=1S/C13H19FN2S/c1-17-11-3-2-7-16(8-6-11)13-5-4-10(14)9-12(13)15/h4-5,9,11H,2-3,6-8,15H2,1H3. The van der Waals surface area contributed by atoms with Gasteiger partial charge in [-0.15, -0.1) is 0 Å². The van der Waals surface area contributed by atoms with Gasteiger partial charge in [-0.2, -0.15) is 11.8 Å². The van der Waals surface area contributed by atoms with Gasteiger partial charge in [0.2, 0.25) is 0 Å². The number of nitrogens with two attached hydrogens (primary N) is 1. The maximum absolute atomic E-state index is 13.0. The highest BCUT2D eigenvalue weighted by atomic mass is 32.2. The first-order valence-electron chi connectivity index (χ1n) is 6.03. The van der Waals surface area contributed by atoms with Gasteiger partial charge in [0.05, 0.1) is 11.4 Å². The SMILES string of the molecule is CSC1CCCN(c2ccc(F)cc2N)CC1. The van der Waals surface area contributed by atoms with Crippen LogP contribution in [0.1, 0.15) is 19.3 Å². The van der Waals surface area contributed by atoms with E-state index in [0.717, 1.165) is 24.0 Å². The molecule has 0 radical (unpaired) electrons. The number of nitrogens with zero attached hydrogens (tertiary/aromatic N) is 1. The van der Waals surface area contributed by atoms with Crippen LogP contribution in [-0.2, 0) is 0 Å². The second kappa shape index (κ2) is 5.63. The normalized spacial score (nSPS) is 21.3. The number of halogens is 1. The topological polar surface area (TPSA) is 29.3 Å². The van der Waals surface area contributed by atoms with Crippen LogP contribution >= 0.6 is 11.8 Å². The first-order valence-corrected chi connectivity index (χ1v) is 7.32. The molecule has 1 aromatic rings. The molecule has 1 aliphatic heterocycles. The fourth-order valence-electron chi connectivity index (χ4n) is 2.36. The van der Waals surface area contributed by atoms with Gasteiger partial charge in [0.25, 0.3) is 0 Å². The van der Waals surface area contributed by atoms with E-state index in [9.17, 15) is 4.39 Å². The number of nitrogen functional groups attached to an aromatic ring is 1. The highest BCUT2D eigenvalue weighted by Crippen LogP contribution is 2.28. The zero-order valence-electron chi connectivity index (χ0n) is 10.2. The van der Waals surface area contributed by atoms with E-state index in [4.69, 9.17) is 5.73 Å². The van der Waals surface area contributed by atoms with Gasteiger partial charge in [0.15, 0.2) is 0 Å². The average Bonchev–Trinajstić information content (AvgIpc) is 2.54. The number of thioether (sulfide) groups is 1. The van der Waals surface area contributed by atoms with Crippen LogP contribution < -0.4 is 10.6 Å². The molecule has 0 saturated carbocycles. The highest BCUT2D eigenvalue weighted by molar-refractivity contribution is 7.99. The van der Waals surface area contributed by atoms with Crippen LogP contribution in [-0.4, -0.2) is 24.6 Å². The predicted octanol–water partition coefficient (Wildman–Crippen LogP) is 3.13. The van der Waals surface area contributed by atoms with Crippen molar-refractivity contribution in [3.8, 4) is 0 Å². The zero-order valence-corrected chi connectivity index (χ0v) is 11.0. The largest absolute Gasteiger partial charge is 0.397 e. The Morgan fingerprint density at radius 2 is 2.18 bits per heavy atom. The zero-order chi connectivity index (χ0) is 12.3. The van der Waals surface area contributed by atoms with Crippen LogP contribution in [0.25, 0.3) is 0 Å². The van der Waals surface area contributed by atoms with Gasteiger partial charge in [-0.3, -0.25) is 0 Å². The number of hydrogen-bond donors (Lipinski definition) is 1. The summed E-state index contributed by atoms with van der Waals surface area (Å²) < 4.78 is 13.0. The van der Waals surface area contributed by atoms with Crippen molar-refractivity contribution in [3.05, 3.63) is 24.0 Å². The van der Waals surface area contributed by atoms with Crippen LogP contribution in [0.4, 0.5) is 15.8 Å². The molecule has 1 unspecified atom stereocenters. The van der Waals surface area contributed by atoms with E-state index in [1.165, 1.54) is 31.4 Å². The average molecular weight is 254 g/mol. The Labute approximate surface area is 106 Å². The van der Waals surface area contributed by atoms with Crippen LogP contribution in [0.2, 0.25) is 0 Å². The molecular weight excluding hydrogens is 235 g/mol. The molecule has 0 amide bonds. The van der Waals surface area contributed by atoms with Gasteiger partial charge in [0, 0.05) is 18.3 Å². The molecule has 1 aliphatic rings. The van der Waals surface area contributed by atoms with Gasteiger partial charge >= 0.3 is 0 Å². The Bertz CT molecular complexity index is 384. The Hall–Kier alpha value is -0.900. The van der Waals surface area contributed by atoms with Crippen molar-refractivity contribution in [3.63, 3.8) is 0 Å². The molecule has 0 bridgehead atoms. The molecule has 1 fully saturated rings. The molecule has 0 aromatic heterocycles. The van der Waals surface area contributed by atoms with Crippen molar-refractivity contribution >= 4 is 23.1 Å². The maximum atomic E-state index is 13.0. The number of hydrogen-bond acceptors (Lipinski definition) is 3. The number of benzene rings is 1. The van der Waals surface area contributed by atoms with Crippen molar-refractivity contribution in [2.75, 3.05) is 30.0 Å². The molecule has 1 saturated heterocycles. The molecule has 1 atom stereocenters. The number of rotatable bonds is 2. The van der Waals surface area contributed by atoms with Crippen LogP contribution in [0.5, 0.6) is 0 Å². The molecule has 94 valence electrons. The minimum Gasteiger partial charge on any atom is -0.397 e. The van der Waals surface area contributed by atoms with E-state index in [-0.39, 0.29) is 5.82 Å². The molecule has 1 aromatic carbocycles. The fourth-order valence-corrected chi connectivity index (χ4v) is 3.10. The number of anilines is 2. The van der Waals surface area contributed by atoms with Crippen molar-refractivity contribution < 1.29 is 4.39 Å². The van der Waals surface area contributed by atoms with Crippen molar-refractivity contribution in [1.29, 1.82) is 0 Å². The van der Waals surface area contributed by atoms with Crippen LogP contribution in [0.15, 0.2) is 18.2 Å². The lowest BCUT2D eigenvalue weighted by molar-refractivity contribution is 0.628. The third kappa shape index (κ3) is 3.06. The Balaban J connectivity index is 2.11. The molecular formula is C13H19FN2S. The van der Waals surface area contributed by atoms with E-state index in [1.54, 1.807) is 6.07 Å². The lowest BCUT2D eigenvalue weighted by Crippen LogP contribution is -2.25. The van der Waals surface area contributed by atoms with Crippen LogP contribution in [0, 0.1) is 5.82 Å². The summed E-state index contributed by atoms with van der Waals surface area (Å²) in [5.41, 5.74) is 7.41. The summed E-state index contributed by atoms with van der Waals surface area (Å²) in [5.74, 6) is -0.261. The first kappa shape index (κ1) is 12.6. The summed E-state index contributed by atoms with van der Waals surface area (Å²) in [6.07, 6.45) is 5.80. The summed E-state index contributed by atoms with van der Waals surface area (Å²) >= 11 is 1.95. The van der Waals surface area contributed by atoms with E-state index in [2.05, 4.69) is 11.2 Å². The molecule has 2 N–H and O–H groups in total. The van der Waals surface area contributed by atoms with Gasteiger partial charge < -0.3 is 10.6 Å². The third-order valence-electron chi connectivity index (χ3n) is 3.34. The summed E-state index contributed by atoms with van der Waals surface area (Å²) in [5, 5.41) is 0.752. The minimum absolute atomic E-state index is 0.261. The van der Waals surface area contributed by atoms with Gasteiger partial charge in [-0.05, 0) is 43.7 Å². The summed E-state index contributed by atoms with van der Waals surface area (Å²) in [6, 6.07) is 4.69. The maximum Gasteiger partial charge on any atom is 0.125 e. The minimum atomic E-state index is -0.261. The smallest absolute Gasteiger partial charge is 0.125 e. The molecule has 1 heterocycles. The molecule has 2 rings (SSSR count). The van der Waals surface area contributed by atoms with E-state index < -0.39 is 0 Å². The predicted molar refractivity (Wildman–Crippen MR) is 74.2 cm³/mol. The van der Waals surface area contributed by atoms with Crippen molar-refractivity contribution in [2.24, 2.45) is 0 Å². The third-order valence-corrected chi connectivity index (χ3v) is 4.48. The van der Waals surface area contributed by atoms with E-state index in [1.807, 2.05) is 11.8 Å². The first-order chi connectivity index (χ1) is 8.20. The second-order valence-electron chi connectivity index (χ2n) is 4.48. The van der Waals surface area contributed by atoms with E-state index in [0.29, 0.717) is 5.69 Å². The quantitative estimate of drug-likeness (QED) is 0.822. The van der Waals surface area contributed by atoms with E-state index >= 15 is 0 Å². The molecule has 0 spiro atoms. The van der Waals surface area contributed by atoms with Gasteiger partial charge in [-0.25, -0.2) is 4.39 Å². The summed E-state index contributed by atoms with van der Waals surface area (Å²) in [6.45, 7) is 2.04. The summed E-state index contributed by atoms with van der Waals surface area (Å²) in [7, 11) is 0. The van der Waals surface area contributed by atoms with Crippen molar-refractivity contribution in [1.82, 2.24) is 0 Å². The molecule has 4 heteroatoms. The fraction of sp³-hybridized carbons (Fsp3) is 0.538. The highest BCUT2D eigenvalue weighted by Gasteiger charge is 2.17. The Kier molecular flexibility index (Phi) is 4.15.